The molecule has 4 aromatic carbocycles. The summed E-state index contributed by atoms with van der Waals surface area (Å²) in [5.74, 6) is -0.143. The Morgan fingerprint density at radius 2 is 1.51 bits per heavy atom. The van der Waals surface area contributed by atoms with E-state index in [1.54, 1.807) is 0 Å². The summed E-state index contributed by atoms with van der Waals surface area (Å²) in [5, 5.41) is 7.16. The Labute approximate surface area is 221 Å². The van der Waals surface area contributed by atoms with E-state index < -0.39 is 11.6 Å². The van der Waals surface area contributed by atoms with Gasteiger partial charge in [0.25, 0.3) is 0 Å². The van der Waals surface area contributed by atoms with Crippen molar-refractivity contribution in [3.63, 3.8) is 0 Å². The monoisotopic (exact) mass is 505 g/mol. The van der Waals surface area contributed by atoms with Crippen molar-refractivity contribution in [3.05, 3.63) is 126 Å². The predicted molar refractivity (Wildman–Crippen MR) is 150 cm³/mol. The second kappa shape index (κ2) is 9.79. The third kappa shape index (κ3) is 3.98. The Hall–Kier alpha value is -4.03. The van der Waals surface area contributed by atoms with E-state index in [0.717, 1.165) is 21.8 Å². The van der Waals surface area contributed by atoms with Crippen LogP contribution in [0.3, 0.4) is 0 Å². The van der Waals surface area contributed by atoms with E-state index >= 15 is 0 Å². The number of carbonyl (C=O) groups excluding carboxylic acids is 1. The number of hydrazone groups is 1. The second-order valence-electron chi connectivity index (χ2n) is 9.00. The molecule has 0 aliphatic carbocycles. The van der Waals surface area contributed by atoms with Crippen molar-refractivity contribution in [3.8, 4) is 0 Å². The van der Waals surface area contributed by atoms with Crippen molar-refractivity contribution in [2.45, 2.75) is 29.2 Å². The fraction of sp³-hybridized carbons (Fsp3) is 0.161. The van der Waals surface area contributed by atoms with Crippen LogP contribution in [-0.2, 0) is 15.2 Å². The van der Waals surface area contributed by atoms with Crippen molar-refractivity contribution in [2.75, 3.05) is 16.5 Å². The first-order chi connectivity index (χ1) is 18.2. The SMILES string of the molecule is CCOC(=O)C1=NN(c2ccccc2)C2(c3ccccc3)CC(c3ccccc3)Sc3ccccc3N12. The van der Waals surface area contributed by atoms with Gasteiger partial charge in [0.2, 0.25) is 5.84 Å². The molecule has 6 rings (SSSR count). The smallest absolute Gasteiger partial charge is 0.376 e. The van der Waals surface area contributed by atoms with Crippen LogP contribution in [0.15, 0.2) is 125 Å². The maximum absolute atomic E-state index is 13.5. The molecule has 0 saturated carbocycles. The number of rotatable bonds is 5. The summed E-state index contributed by atoms with van der Waals surface area (Å²) in [7, 11) is 0. The largest absolute Gasteiger partial charge is 0.460 e. The van der Waals surface area contributed by atoms with Gasteiger partial charge in [-0.3, -0.25) is 4.90 Å². The standard InChI is InChI=1S/C31H27N3O2S/c1-2-36-30(35)29-32-34(25-18-10-5-11-19-25)31(24-16-8-4-9-17-24)22-28(23-14-6-3-7-15-23)37-27-21-13-12-20-26(27)33(29)31/h3-21,28H,2,22H2,1H3. The van der Waals surface area contributed by atoms with Crippen LogP contribution in [0, 0.1) is 0 Å². The fourth-order valence-corrected chi connectivity index (χ4v) is 6.63. The molecule has 0 spiro atoms. The molecular weight excluding hydrogens is 478 g/mol. The van der Waals surface area contributed by atoms with E-state index in [0.29, 0.717) is 6.42 Å². The molecule has 5 nitrogen and oxygen atoms in total. The number of ether oxygens (including phenoxy) is 1. The molecule has 4 aromatic rings. The summed E-state index contributed by atoms with van der Waals surface area (Å²) in [6.45, 7) is 2.10. The van der Waals surface area contributed by atoms with E-state index in [9.17, 15) is 4.79 Å². The molecule has 0 amide bonds. The number of benzene rings is 4. The maximum atomic E-state index is 13.5. The lowest BCUT2D eigenvalue weighted by atomic mass is 9.88. The lowest BCUT2D eigenvalue weighted by Crippen LogP contribution is -2.55. The molecule has 0 fully saturated rings. The van der Waals surface area contributed by atoms with Crippen LogP contribution in [-0.4, -0.2) is 18.4 Å². The summed E-state index contributed by atoms with van der Waals surface area (Å²) in [6.07, 6.45) is 0.682. The highest BCUT2D eigenvalue weighted by Gasteiger charge is 2.56. The van der Waals surface area contributed by atoms with Crippen molar-refractivity contribution in [1.82, 2.24) is 0 Å². The number of esters is 1. The normalized spacial score (nSPS) is 20.5. The van der Waals surface area contributed by atoms with Gasteiger partial charge in [0.15, 0.2) is 5.66 Å². The number of hydrogen-bond acceptors (Lipinski definition) is 6. The third-order valence-electron chi connectivity index (χ3n) is 6.84. The fourth-order valence-electron chi connectivity index (χ4n) is 5.27. The molecule has 2 aliphatic rings. The topological polar surface area (TPSA) is 45.1 Å². The van der Waals surface area contributed by atoms with Crippen molar-refractivity contribution in [1.29, 1.82) is 0 Å². The van der Waals surface area contributed by atoms with Crippen molar-refractivity contribution in [2.24, 2.45) is 5.10 Å². The Morgan fingerprint density at radius 3 is 2.22 bits per heavy atom. The highest BCUT2D eigenvalue weighted by Crippen LogP contribution is 2.57. The van der Waals surface area contributed by atoms with Gasteiger partial charge in [-0.05, 0) is 36.8 Å². The van der Waals surface area contributed by atoms with Gasteiger partial charge in [-0.2, -0.15) is 0 Å². The molecule has 37 heavy (non-hydrogen) atoms. The van der Waals surface area contributed by atoms with Crippen LogP contribution in [0.1, 0.15) is 29.7 Å². The number of fused-ring (bicyclic) bond motifs is 3. The average molecular weight is 506 g/mol. The summed E-state index contributed by atoms with van der Waals surface area (Å²) in [5.41, 5.74) is 3.34. The highest BCUT2D eigenvalue weighted by atomic mass is 32.2. The summed E-state index contributed by atoms with van der Waals surface area (Å²) in [4.78, 5) is 16.7. The molecule has 0 saturated heterocycles. The number of hydrogen-bond donors (Lipinski definition) is 0. The molecular formula is C31H27N3O2S. The zero-order valence-corrected chi connectivity index (χ0v) is 21.3. The molecule has 2 atom stereocenters. The van der Waals surface area contributed by atoms with E-state index in [1.807, 2.05) is 72.2 Å². The van der Waals surface area contributed by atoms with Crippen LogP contribution < -0.4 is 9.91 Å². The minimum absolute atomic E-state index is 0.107. The van der Waals surface area contributed by atoms with Crippen LogP contribution in [0.2, 0.25) is 0 Å². The van der Waals surface area contributed by atoms with Gasteiger partial charge in [-0.15, -0.1) is 16.9 Å². The van der Waals surface area contributed by atoms with Crippen LogP contribution in [0.25, 0.3) is 0 Å². The van der Waals surface area contributed by atoms with Gasteiger partial charge in [0.05, 0.1) is 18.0 Å². The average Bonchev–Trinajstić information content (AvgIpc) is 3.22. The number of amidine groups is 1. The Bertz CT molecular complexity index is 1430. The predicted octanol–water partition coefficient (Wildman–Crippen LogP) is 6.98. The summed E-state index contributed by atoms with van der Waals surface area (Å²) < 4.78 is 5.56. The van der Waals surface area contributed by atoms with Crippen LogP contribution in [0.5, 0.6) is 0 Å². The van der Waals surface area contributed by atoms with Crippen molar-refractivity contribution >= 4 is 34.9 Å². The number of nitrogens with zero attached hydrogens (tertiary/aromatic N) is 3. The van der Waals surface area contributed by atoms with E-state index in [2.05, 4.69) is 71.6 Å². The van der Waals surface area contributed by atoms with E-state index in [4.69, 9.17) is 9.84 Å². The lowest BCUT2D eigenvalue weighted by Gasteiger charge is -2.45. The second-order valence-corrected chi connectivity index (χ2v) is 10.2. The van der Waals surface area contributed by atoms with Gasteiger partial charge in [-0.1, -0.05) is 91.0 Å². The van der Waals surface area contributed by atoms with Crippen molar-refractivity contribution < 1.29 is 9.53 Å². The van der Waals surface area contributed by atoms with Crippen LogP contribution in [0.4, 0.5) is 11.4 Å². The Balaban J connectivity index is 1.67. The minimum Gasteiger partial charge on any atom is -0.460 e. The third-order valence-corrected chi connectivity index (χ3v) is 8.16. The summed E-state index contributed by atoms with van der Waals surface area (Å²) in [6, 6.07) is 39.3. The number of carbonyl (C=O) groups is 1. The van der Waals surface area contributed by atoms with Gasteiger partial charge in [0.1, 0.15) is 0 Å². The zero-order chi connectivity index (χ0) is 25.2. The molecule has 6 heteroatoms. The van der Waals surface area contributed by atoms with E-state index in [1.165, 1.54) is 5.56 Å². The molecule has 0 bridgehead atoms. The van der Waals surface area contributed by atoms with Gasteiger partial charge in [0, 0.05) is 22.1 Å². The number of anilines is 2. The van der Waals surface area contributed by atoms with Gasteiger partial charge < -0.3 is 4.74 Å². The minimum atomic E-state index is -0.801. The summed E-state index contributed by atoms with van der Waals surface area (Å²) >= 11 is 1.83. The number of thioether (sulfide) groups is 1. The zero-order valence-electron chi connectivity index (χ0n) is 20.5. The van der Waals surface area contributed by atoms with E-state index in [-0.39, 0.29) is 17.7 Å². The molecule has 0 radical (unpaired) electrons. The Kier molecular flexibility index (Phi) is 6.18. The molecule has 2 unspecified atom stereocenters. The highest BCUT2D eigenvalue weighted by molar-refractivity contribution is 7.99. The Morgan fingerprint density at radius 1 is 0.892 bits per heavy atom. The maximum Gasteiger partial charge on any atom is 0.376 e. The molecule has 0 aromatic heterocycles. The van der Waals surface area contributed by atoms with Gasteiger partial charge in [-0.25, -0.2) is 9.80 Å². The number of para-hydroxylation sites is 2. The van der Waals surface area contributed by atoms with Crippen LogP contribution >= 0.6 is 11.8 Å². The molecule has 2 heterocycles. The first kappa shape index (κ1) is 23.4. The quantitative estimate of drug-likeness (QED) is 0.274. The first-order valence-corrected chi connectivity index (χ1v) is 13.4. The molecule has 184 valence electrons. The first-order valence-electron chi connectivity index (χ1n) is 12.5. The lowest BCUT2D eigenvalue weighted by molar-refractivity contribution is -0.135. The molecule has 2 aliphatic heterocycles. The van der Waals surface area contributed by atoms with Gasteiger partial charge >= 0.3 is 5.97 Å². The molecule has 0 N–H and O–H groups in total.